The topological polar surface area (TPSA) is 69.0 Å². The highest BCUT2D eigenvalue weighted by Gasteiger charge is 2.19. The lowest BCUT2D eigenvalue weighted by molar-refractivity contribution is -0.115. The number of methoxy groups -OCH3 is 1. The predicted octanol–water partition coefficient (Wildman–Crippen LogP) is 3.25. The molecule has 2 rings (SSSR count). The molecule has 8 heteroatoms. The molecule has 1 amide bonds. The maximum Gasteiger partial charge on any atom is 0.237 e. The Kier molecular flexibility index (Phi) is 6.06. The highest BCUT2D eigenvalue weighted by Crippen LogP contribution is 2.29. The number of amides is 1. The van der Waals surface area contributed by atoms with E-state index in [-0.39, 0.29) is 11.2 Å². The molecule has 6 nitrogen and oxygen atoms in total. The van der Waals surface area contributed by atoms with Gasteiger partial charge in [-0.05, 0) is 25.1 Å². The van der Waals surface area contributed by atoms with Crippen molar-refractivity contribution in [1.82, 2.24) is 14.8 Å². The van der Waals surface area contributed by atoms with Crippen molar-refractivity contribution in [1.29, 1.82) is 0 Å². The Hall–Kier alpha value is -1.99. The number of aromatic nitrogens is 3. The molecule has 1 N–H and O–H groups in total. The molecule has 0 aliphatic carbocycles. The molecule has 0 unspecified atom stereocenters. The quantitative estimate of drug-likeness (QED) is 0.612. The second-order valence-electron chi connectivity index (χ2n) is 4.65. The molecule has 23 heavy (non-hydrogen) atoms. The molecule has 0 saturated carbocycles. The Morgan fingerprint density at radius 1 is 1.61 bits per heavy atom. The Labute approximate surface area is 143 Å². The van der Waals surface area contributed by atoms with Crippen LogP contribution in [0, 0.1) is 0 Å². The summed E-state index contributed by atoms with van der Waals surface area (Å²) in [7, 11) is 1.54. The van der Waals surface area contributed by atoms with Crippen LogP contribution in [0.5, 0.6) is 5.75 Å². The minimum Gasteiger partial charge on any atom is -0.495 e. The highest BCUT2D eigenvalue weighted by molar-refractivity contribution is 8.00. The highest BCUT2D eigenvalue weighted by atomic mass is 35.5. The van der Waals surface area contributed by atoms with Crippen LogP contribution in [0.15, 0.2) is 42.3 Å². The molecule has 1 atom stereocenters. The van der Waals surface area contributed by atoms with Gasteiger partial charge in [0.15, 0.2) is 5.16 Å². The van der Waals surface area contributed by atoms with Gasteiger partial charge in [0.05, 0.1) is 18.0 Å². The van der Waals surface area contributed by atoms with Crippen molar-refractivity contribution in [2.45, 2.75) is 23.9 Å². The molecular formula is C15H17ClN4O2S. The number of nitrogens with zero attached hydrogens (tertiary/aromatic N) is 3. The number of benzene rings is 1. The number of carbonyl (C=O) groups is 1. The summed E-state index contributed by atoms with van der Waals surface area (Å²) in [4.78, 5) is 12.4. The third-order valence-corrected chi connectivity index (χ3v) is 4.31. The number of ether oxygens (including phenoxy) is 1. The normalized spacial score (nSPS) is 11.8. The van der Waals surface area contributed by atoms with E-state index in [1.807, 2.05) is 4.57 Å². The fraction of sp³-hybridized carbons (Fsp3) is 0.267. The molecule has 0 radical (unpaired) electrons. The smallest absolute Gasteiger partial charge is 0.237 e. The molecule has 0 saturated heterocycles. The van der Waals surface area contributed by atoms with Gasteiger partial charge in [0, 0.05) is 11.6 Å². The molecule has 0 aliphatic heterocycles. The summed E-state index contributed by atoms with van der Waals surface area (Å²) in [5.74, 6) is 0.374. The summed E-state index contributed by atoms with van der Waals surface area (Å²) in [5.41, 5.74) is 0.532. The number of anilines is 1. The van der Waals surface area contributed by atoms with Gasteiger partial charge in [-0.1, -0.05) is 29.4 Å². The minimum atomic E-state index is -0.369. The van der Waals surface area contributed by atoms with Gasteiger partial charge in [-0.15, -0.1) is 16.8 Å². The first-order chi connectivity index (χ1) is 11.0. The minimum absolute atomic E-state index is 0.177. The average molecular weight is 353 g/mol. The maximum absolute atomic E-state index is 12.4. The van der Waals surface area contributed by atoms with Crippen LogP contribution in [0.2, 0.25) is 5.02 Å². The van der Waals surface area contributed by atoms with Crippen LogP contribution in [-0.4, -0.2) is 33.0 Å². The first kappa shape index (κ1) is 17.4. The summed E-state index contributed by atoms with van der Waals surface area (Å²) in [6.07, 6.45) is 3.35. The fourth-order valence-corrected chi connectivity index (χ4v) is 2.83. The fourth-order valence-electron chi connectivity index (χ4n) is 1.82. The number of allylic oxidation sites excluding steroid dienone is 1. The summed E-state index contributed by atoms with van der Waals surface area (Å²) in [5, 5.41) is 11.5. The number of rotatable bonds is 7. The lowest BCUT2D eigenvalue weighted by Gasteiger charge is -2.14. The predicted molar refractivity (Wildman–Crippen MR) is 92.2 cm³/mol. The van der Waals surface area contributed by atoms with Crippen molar-refractivity contribution in [3.8, 4) is 5.75 Å². The van der Waals surface area contributed by atoms with E-state index < -0.39 is 0 Å². The maximum atomic E-state index is 12.4. The van der Waals surface area contributed by atoms with E-state index in [2.05, 4.69) is 22.1 Å². The summed E-state index contributed by atoms with van der Waals surface area (Å²) in [6, 6.07) is 5.05. The van der Waals surface area contributed by atoms with Gasteiger partial charge in [0.25, 0.3) is 0 Å². The van der Waals surface area contributed by atoms with E-state index in [1.165, 1.54) is 18.9 Å². The second-order valence-corrected chi connectivity index (χ2v) is 6.39. The first-order valence-electron chi connectivity index (χ1n) is 6.85. The number of hydrogen-bond donors (Lipinski definition) is 1. The van der Waals surface area contributed by atoms with E-state index in [4.69, 9.17) is 16.3 Å². The van der Waals surface area contributed by atoms with Gasteiger partial charge in [-0.3, -0.25) is 4.79 Å². The second kappa shape index (κ2) is 8.03. The molecule has 2 aromatic rings. The zero-order chi connectivity index (χ0) is 16.8. The van der Waals surface area contributed by atoms with Crippen LogP contribution < -0.4 is 10.1 Å². The Morgan fingerprint density at radius 2 is 2.39 bits per heavy atom. The molecule has 1 heterocycles. The van der Waals surface area contributed by atoms with Gasteiger partial charge < -0.3 is 14.6 Å². The third kappa shape index (κ3) is 4.49. The summed E-state index contributed by atoms with van der Waals surface area (Å²) < 4.78 is 7.04. The van der Waals surface area contributed by atoms with Gasteiger partial charge in [0.1, 0.15) is 12.1 Å². The zero-order valence-corrected chi connectivity index (χ0v) is 14.4. The number of thioether (sulfide) groups is 1. The number of halogens is 1. The van der Waals surface area contributed by atoms with Gasteiger partial charge in [-0.2, -0.15) is 0 Å². The Bertz CT molecular complexity index is 705. The van der Waals surface area contributed by atoms with Crippen molar-refractivity contribution < 1.29 is 9.53 Å². The third-order valence-electron chi connectivity index (χ3n) is 2.98. The molecule has 0 fully saturated rings. The molecule has 0 aliphatic rings. The first-order valence-corrected chi connectivity index (χ1v) is 8.10. The van der Waals surface area contributed by atoms with Crippen LogP contribution in [0.1, 0.15) is 6.92 Å². The largest absolute Gasteiger partial charge is 0.495 e. The molecule has 1 aromatic carbocycles. The van der Waals surface area contributed by atoms with E-state index in [0.717, 1.165) is 0 Å². The molecule has 1 aromatic heterocycles. The standard InChI is InChI=1S/C15H17ClN4O2S/c1-4-7-20-9-17-19-15(20)23-10(2)14(21)18-12-8-11(16)5-6-13(12)22-3/h4-6,8-10H,1,7H2,2-3H3,(H,18,21)/t10-/m1/s1. The van der Waals surface area contributed by atoms with Crippen LogP contribution in [0.25, 0.3) is 0 Å². The van der Waals surface area contributed by atoms with Crippen LogP contribution in [0.3, 0.4) is 0 Å². The molecule has 0 bridgehead atoms. The van der Waals surface area contributed by atoms with Gasteiger partial charge >= 0.3 is 0 Å². The summed E-state index contributed by atoms with van der Waals surface area (Å²) in [6.45, 7) is 6.07. The van der Waals surface area contributed by atoms with E-state index in [0.29, 0.717) is 28.2 Å². The van der Waals surface area contributed by atoms with Gasteiger partial charge in [0.2, 0.25) is 5.91 Å². The Balaban J connectivity index is 2.07. The SMILES string of the molecule is C=CCn1cnnc1S[C@H](C)C(=O)Nc1cc(Cl)ccc1OC. The Morgan fingerprint density at radius 3 is 3.09 bits per heavy atom. The summed E-state index contributed by atoms with van der Waals surface area (Å²) >= 11 is 7.28. The molecular weight excluding hydrogens is 336 g/mol. The van der Waals surface area contributed by atoms with E-state index >= 15 is 0 Å². The van der Waals surface area contributed by atoms with E-state index in [1.54, 1.807) is 37.5 Å². The zero-order valence-electron chi connectivity index (χ0n) is 12.8. The monoisotopic (exact) mass is 352 g/mol. The van der Waals surface area contributed by atoms with Crippen LogP contribution in [-0.2, 0) is 11.3 Å². The van der Waals surface area contributed by atoms with Gasteiger partial charge in [-0.25, -0.2) is 0 Å². The van der Waals surface area contributed by atoms with Crippen LogP contribution in [0.4, 0.5) is 5.69 Å². The lowest BCUT2D eigenvalue weighted by atomic mass is 10.3. The van der Waals surface area contributed by atoms with E-state index in [9.17, 15) is 4.79 Å². The number of nitrogens with one attached hydrogen (secondary N) is 1. The van der Waals surface area contributed by atoms with Crippen molar-refractivity contribution in [2.75, 3.05) is 12.4 Å². The van der Waals surface area contributed by atoms with Crippen molar-refractivity contribution >= 4 is 35.0 Å². The number of hydrogen-bond acceptors (Lipinski definition) is 5. The van der Waals surface area contributed by atoms with Crippen molar-refractivity contribution in [2.24, 2.45) is 0 Å². The van der Waals surface area contributed by atoms with Crippen molar-refractivity contribution in [3.05, 3.63) is 42.2 Å². The van der Waals surface area contributed by atoms with Crippen LogP contribution >= 0.6 is 23.4 Å². The average Bonchev–Trinajstić information content (AvgIpc) is 2.95. The molecule has 122 valence electrons. The molecule has 0 spiro atoms. The number of carbonyl (C=O) groups excluding carboxylic acids is 1. The van der Waals surface area contributed by atoms with Crippen molar-refractivity contribution in [3.63, 3.8) is 0 Å². The lowest BCUT2D eigenvalue weighted by Crippen LogP contribution is -2.23.